The van der Waals surface area contributed by atoms with Crippen molar-refractivity contribution in [2.24, 2.45) is 0 Å². The van der Waals surface area contributed by atoms with Gasteiger partial charge in [-0.3, -0.25) is 14.4 Å². The van der Waals surface area contributed by atoms with Crippen molar-refractivity contribution in [3.05, 3.63) is 109 Å². The molecule has 0 aliphatic rings. The Morgan fingerprint density at radius 1 is 0.273 bits per heavy atom. The highest BCUT2D eigenvalue weighted by atomic mass is 16.6. The highest BCUT2D eigenvalue weighted by Crippen LogP contribution is 2.16. The first kappa shape index (κ1) is 73.1. The van der Waals surface area contributed by atoms with Crippen LogP contribution in [0.3, 0.4) is 0 Å². The van der Waals surface area contributed by atoms with Gasteiger partial charge in [0.1, 0.15) is 13.2 Å². The molecule has 440 valence electrons. The maximum atomic E-state index is 12.8. The molecule has 0 bridgehead atoms. The van der Waals surface area contributed by atoms with Gasteiger partial charge in [-0.05, 0) is 89.9 Å². The van der Waals surface area contributed by atoms with Crippen LogP contribution in [0.1, 0.15) is 303 Å². The molecule has 0 aromatic heterocycles. The second-order valence-corrected chi connectivity index (χ2v) is 21.3. The number of carbonyl (C=O) groups excluding carboxylic acids is 3. The fourth-order valence-electron chi connectivity index (χ4n) is 8.97. The fraction of sp³-hybridized carbons (Fsp3) is 0.704. The normalized spacial score (nSPS) is 12.8. The predicted molar refractivity (Wildman–Crippen MR) is 334 cm³/mol. The summed E-state index contributed by atoms with van der Waals surface area (Å²) in [6.45, 7) is 6.53. The summed E-state index contributed by atoms with van der Waals surface area (Å²) in [5, 5.41) is 0. The van der Waals surface area contributed by atoms with Crippen molar-refractivity contribution in [2.45, 2.75) is 309 Å². The van der Waals surface area contributed by atoms with E-state index in [0.717, 1.165) is 122 Å². The van der Waals surface area contributed by atoms with Gasteiger partial charge in [0.2, 0.25) is 0 Å². The SMILES string of the molecule is CC/C=C\C/C=C\C/C=C\C/C=C\C/C=C\C/C=C\C/C=C\C/C=C\C/C=C\CCCCCCCCCC(=O)OCC(COC(=O)CCCCCCCCCCCCCC)OC(=O)CCCCCCCCCCCCCC. The Hall–Kier alpha value is -3.93. The highest BCUT2D eigenvalue weighted by Gasteiger charge is 2.19. The maximum absolute atomic E-state index is 12.8. The molecule has 0 radical (unpaired) electrons. The molecule has 0 spiro atoms. The number of ether oxygens (including phenoxy) is 3. The zero-order valence-corrected chi connectivity index (χ0v) is 50.4. The largest absolute Gasteiger partial charge is 0.462 e. The van der Waals surface area contributed by atoms with E-state index in [1.54, 1.807) is 0 Å². The minimum atomic E-state index is -0.779. The quantitative estimate of drug-likeness (QED) is 0.0261. The molecule has 0 aromatic rings. The summed E-state index contributed by atoms with van der Waals surface area (Å²) in [6.07, 6.45) is 88.2. The summed E-state index contributed by atoms with van der Waals surface area (Å²) < 4.78 is 16.9. The van der Waals surface area contributed by atoms with Crippen molar-refractivity contribution < 1.29 is 28.6 Å². The van der Waals surface area contributed by atoms with Gasteiger partial charge in [-0.15, -0.1) is 0 Å². The number of hydrogen-bond acceptors (Lipinski definition) is 6. The zero-order valence-electron chi connectivity index (χ0n) is 50.4. The molecule has 0 aromatic carbocycles. The van der Waals surface area contributed by atoms with E-state index >= 15 is 0 Å². The number of allylic oxidation sites excluding steroid dienone is 18. The Bertz CT molecular complexity index is 1560. The summed E-state index contributed by atoms with van der Waals surface area (Å²) in [6, 6.07) is 0. The van der Waals surface area contributed by atoms with Gasteiger partial charge < -0.3 is 14.2 Å². The molecular formula is C71H120O6. The Morgan fingerprint density at radius 3 is 0.792 bits per heavy atom. The average Bonchev–Trinajstić information content (AvgIpc) is 3.43. The van der Waals surface area contributed by atoms with Crippen molar-refractivity contribution in [3.8, 4) is 0 Å². The molecular weight excluding hydrogens is 949 g/mol. The molecule has 6 nitrogen and oxygen atoms in total. The number of unbranched alkanes of at least 4 members (excludes halogenated alkanes) is 29. The minimum absolute atomic E-state index is 0.0769. The van der Waals surface area contributed by atoms with E-state index in [9.17, 15) is 14.4 Å². The van der Waals surface area contributed by atoms with Gasteiger partial charge in [0, 0.05) is 19.3 Å². The smallest absolute Gasteiger partial charge is 0.306 e. The van der Waals surface area contributed by atoms with Crippen LogP contribution in [0, 0.1) is 0 Å². The van der Waals surface area contributed by atoms with E-state index in [-0.39, 0.29) is 31.1 Å². The van der Waals surface area contributed by atoms with Gasteiger partial charge in [-0.1, -0.05) is 304 Å². The third-order valence-corrected chi connectivity index (χ3v) is 13.8. The van der Waals surface area contributed by atoms with E-state index in [2.05, 4.69) is 130 Å². The van der Waals surface area contributed by atoms with Crippen molar-refractivity contribution in [1.29, 1.82) is 0 Å². The minimum Gasteiger partial charge on any atom is -0.462 e. The van der Waals surface area contributed by atoms with E-state index < -0.39 is 6.10 Å². The van der Waals surface area contributed by atoms with Crippen molar-refractivity contribution in [1.82, 2.24) is 0 Å². The molecule has 0 saturated carbocycles. The summed E-state index contributed by atoms with van der Waals surface area (Å²) in [4.78, 5) is 38.2. The molecule has 0 amide bonds. The van der Waals surface area contributed by atoms with Crippen LogP contribution in [-0.4, -0.2) is 37.2 Å². The second-order valence-electron chi connectivity index (χ2n) is 21.3. The predicted octanol–water partition coefficient (Wildman–Crippen LogP) is 22.2. The van der Waals surface area contributed by atoms with Crippen molar-refractivity contribution >= 4 is 17.9 Å². The van der Waals surface area contributed by atoms with Crippen molar-refractivity contribution in [2.75, 3.05) is 13.2 Å². The molecule has 0 N–H and O–H groups in total. The monoisotopic (exact) mass is 1070 g/mol. The van der Waals surface area contributed by atoms with E-state index in [1.807, 2.05) is 0 Å². The molecule has 1 atom stereocenters. The van der Waals surface area contributed by atoms with E-state index in [0.29, 0.717) is 19.3 Å². The molecule has 1 unspecified atom stereocenters. The van der Waals surface area contributed by atoms with Crippen molar-refractivity contribution in [3.63, 3.8) is 0 Å². The Balaban J connectivity index is 4.19. The van der Waals surface area contributed by atoms with Crippen LogP contribution in [0.5, 0.6) is 0 Å². The van der Waals surface area contributed by atoms with Gasteiger partial charge in [-0.25, -0.2) is 0 Å². The molecule has 0 heterocycles. The lowest BCUT2D eigenvalue weighted by Crippen LogP contribution is -2.30. The van der Waals surface area contributed by atoms with Gasteiger partial charge in [0.25, 0.3) is 0 Å². The number of rotatable bonds is 58. The second kappa shape index (κ2) is 64.6. The number of carbonyl (C=O) groups is 3. The molecule has 0 aliphatic heterocycles. The molecule has 0 saturated heterocycles. The summed E-state index contributed by atoms with van der Waals surface area (Å²) in [5.41, 5.74) is 0. The molecule has 0 rings (SSSR count). The number of esters is 3. The van der Waals surface area contributed by atoms with Crippen LogP contribution in [-0.2, 0) is 28.6 Å². The van der Waals surface area contributed by atoms with Gasteiger partial charge in [-0.2, -0.15) is 0 Å². The molecule has 0 fully saturated rings. The van der Waals surface area contributed by atoms with Crippen LogP contribution in [0.4, 0.5) is 0 Å². The highest BCUT2D eigenvalue weighted by molar-refractivity contribution is 5.71. The Kier molecular flexibility index (Phi) is 61.3. The zero-order chi connectivity index (χ0) is 55.7. The van der Waals surface area contributed by atoms with Gasteiger partial charge in [0.05, 0.1) is 0 Å². The third kappa shape index (κ3) is 62.8. The lowest BCUT2D eigenvalue weighted by atomic mass is 10.0. The lowest BCUT2D eigenvalue weighted by Gasteiger charge is -2.18. The van der Waals surface area contributed by atoms with Crippen LogP contribution >= 0.6 is 0 Å². The third-order valence-electron chi connectivity index (χ3n) is 13.8. The van der Waals surface area contributed by atoms with Crippen LogP contribution in [0.15, 0.2) is 109 Å². The van der Waals surface area contributed by atoms with Crippen LogP contribution < -0.4 is 0 Å². The van der Waals surface area contributed by atoms with Gasteiger partial charge in [0.15, 0.2) is 6.10 Å². The fourth-order valence-corrected chi connectivity index (χ4v) is 8.97. The standard InChI is InChI=1S/C71H120O6/c1-4-7-10-13-16-19-22-25-26-27-28-29-30-31-32-33-34-35-36-37-38-39-40-41-42-43-44-45-46-47-50-52-55-58-61-64-70(73)76-67-68(77-71(74)65-62-59-56-53-49-24-21-18-15-12-9-6-3)66-75-69(72)63-60-57-54-51-48-23-20-17-14-11-8-5-2/h7,10,16,19,25-26,28-29,31-32,34-35,37-38,40-41,43-44,68H,4-6,8-9,11-15,17-18,20-24,27,30,33,36,39,42,45-67H2,1-3H3/b10-7-,19-16-,26-25-,29-28-,32-31-,35-34-,38-37-,41-40-,44-43-. The molecule has 77 heavy (non-hydrogen) atoms. The first-order chi connectivity index (χ1) is 38.0. The molecule has 0 aliphatic carbocycles. The Labute approximate surface area is 476 Å². The molecule has 6 heteroatoms. The topological polar surface area (TPSA) is 78.9 Å². The summed E-state index contributed by atoms with van der Waals surface area (Å²) in [5.74, 6) is -0.880. The van der Waals surface area contributed by atoms with Crippen LogP contribution in [0.25, 0.3) is 0 Å². The maximum Gasteiger partial charge on any atom is 0.306 e. The lowest BCUT2D eigenvalue weighted by molar-refractivity contribution is -0.167. The first-order valence-electron chi connectivity index (χ1n) is 32.4. The first-order valence-corrected chi connectivity index (χ1v) is 32.4. The van der Waals surface area contributed by atoms with Crippen LogP contribution in [0.2, 0.25) is 0 Å². The average molecular weight is 1070 g/mol. The number of hydrogen-bond donors (Lipinski definition) is 0. The summed E-state index contributed by atoms with van der Waals surface area (Å²) >= 11 is 0. The van der Waals surface area contributed by atoms with Gasteiger partial charge >= 0.3 is 17.9 Å². The Morgan fingerprint density at radius 2 is 0.506 bits per heavy atom. The van der Waals surface area contributed by atoms with E-state index in [1.165, 1.54) is 141 Å². The summed E-state index contributed by atoms with van der Waals surface area (Å²) in [7, 11) is 0. The van der Waals surface area contributed by atoms with E-state index in [4.69, 9.17) is 14.2 Å².